The molecule has 0 amide bonds. The average Bonchev–Trinajstić information content (AvgIpc) is 3.15. The van der Waals surface area contributed by atoms with E-state index in [0.717, 1.165) is 41.5 Å². The van der Waals surface area contributed by atoms with E-state index in [1.165, 1.54) is 25.9 Å². The smallest absolute Gasteiger partial charge is 0.161 e. The first-order valence-corrected chi connectivity index (χ1v) is 8.48. The molecular formula is C20H25NO3. The highest BCUT2D eigenvalue weighted by Crippen LogP contribution is 2.32. The van der Waals surface area contributed by atoms with E-state index < -0.39 is 0 Å². The lowest BCUT2D eigenvalue weighted by atomic mass is 10.1. The number of hydrogen-bond donors (Lipinski definition) is 0. The summed E-state index contributed by atoms with van der Waals surface area (Å²) in [7, 11) is 3.30. The van der Waals surface area contributed by atoms with Crippen molar-refractivity contribution in [2.45, 2.75) is 12.8 Å². The molecule has 1 aliphatic heterocycles. The molecule has 0 radical (unpaired) electrons. The fraction of sp³-hybridized carbons (Fsp3) is 0.400. The summed E-state index contributed by atoms with van der Waals surface area (Å²) < 4.78 is 16.5. The first-order valence-electron chi connectivity index (χ1n) is 8.48. The third-order valence-electron chi connectivity index (χ3n) is 4.45. The van der Waals surface area contributed by atoms with Crippen molar-refractivity contribution in [1.82, 2.24) is 4.90 Å². The molecule has 4 nitrogen and oxygen atoms in total. The predicted molar refractivity (Wildman–Crippen MR) is 96.2 cm³/mol. The molecule has 1 heterocycles. The second kappa shape index (κ2) is 8.06. The SMILES string of the molecule is COc1ccc(-c2ccc(OCCN3CCCC3)cc2)cc1OC. The summed E-state index contributed by atoms with van der Waals surface area (Å²) >= 11 is 0. The summed E-state index contributed by atoms with van der Waals surface area (Å²) in [6.07, 6.45) is 2.64. The lowest BCUT2D eigenvalue weighted by Gasteiger charge is -2.15. The molecule has 2 aromatic carbocycles. The zero-order chi connectivity index (χ0) is 16.8. The number of likely N-dealkylation sites (tertiary alicyclic amines) is 1. The van der Waals surface area contributed by atoms with Gasteiger partial charge in [-0.2, -0.15) is 0 Å². The first-order chi connectivity index (χ1) is 11.8. The van der Waals surface area contributed by atoms with Crippen LogP contribution in [0, 0.1) is 0 Å². The summed E-state index contributed by atoms with van der Waals surface area (Å²) in [4.78, 5) is 2.46. The van der Waals surface area contributed by atoms with Gasteiger partial charge in [0.05, 0.1) is 14.2 Å². The first kappa shape index (κ1) is 16.7. The van der Waals surface area contributed by atoms with Crippen LogP contribution < -0.4 is 14.2 Å². The minimum absolute atomic E-state index is 0.737. The third kappa shape index (κ3) is 4.01. The van der Waals surface area contributed by atoms with E-state index in [1.807, 2.05) is 30.3 Å². The molecule has 0 aliphatic carbocycles. The topological polar surface area (TPSA) is 30.9 Å². The molecule has 0 aromatic heterocycles. The molecule has 0 atom stereocenters. The van der Waals surface area contributed by atoms with E-state index in [2.05, 4.69) is 17.0 Å². The Kier molecular flexibility index (Phi) is 5.59. The molecule has 128 valence electrons. The quantitative estimate of drug-likeness (QED) is 0.773. The van der Waals surface area contributed by atoms with Gasteiger partial charge in [0.25, 0.3) is 0 Å². The Labute approximate surface area is 144 Å². The Morgan fingerprint density at radius 3 is 2.17 bits per heavy atom. The molecule has 0 saturated carbocycles. The summed E-state index contributed by atoms with van der Waals surface area (Å²) in [6.45, 7) is 4.18. The van der Waals surface area contributed by atoms with Crippen molar-refractivity contribution < 1.29 is 14.2 Å². The van der Waals surface area contributed by atoms with E-state index >= 15 is 0 Å². The van der Waals surface area contributed by atoms with Gasteiger partial charge in [-0.3, -0.25) is 4.90 Å². The Bertz CT molecular complexity index is 648. The van der Waals surface area contributed by atoms with Gasteiger partial charge >= 0.3 is 0 Å². The second-order valence-corrected chi connectivity index (χ2v) is 5.99. The number of benzene rings is 2. The summed E-state index contributed by atoms with van der Waals surface area (Å²) in [5.41, 5.74) is 2.22. The zero-order valence-corrected chi connectivity index (χ0v) is 14.5. The minimum atomic E-state index is 0.737. The molecule has 1 saturated heterocycles. The highest BCUT2D eigenvalue weighted by molar-refractivity contribution is 5.67. The van der Waals surface area contributed by atoms with Gasteiger partial charge in [0.1, 0.15) is 12.4 Å². The Balaban J connectivity index is 1.61. The van der Waals surface area contributed by atoms with Crippen LogP contribution in [0.3, 0.4) is 0 Å². The van der Waals surface area contributed by atoms with Crippen LogP contribution in [-0.2, 0) is 0 Å². The van der Waals surface area contributed by atoms with Gasteiger partial charge in [0.2, 0.25) is 0 Å². The maximum atomic E-state index is 5.85. The average molecular weight is 327 g/mol. The molecule has 3 rings (SSSR count). The van der Waals surface area contributed by atoms with Crippen LogP contribution in [0.1, 0.15) is 12.8 Å². The van der Waals surface area contributed by atoms with Gasteiger partial charge in [0, 0.05) is 6.54 Å². The molecule has 2 aromatic rings. The van der Waals surface area contributed by atoms with E-state index in [1.54, 1.807) is 14.2 Å². The number of methoxy groups -OCH3 is 2. The van der Waals surface area contributed by atoms with Crippen LogP contribution in [0.4, 0.5) is 0 Å². The minimum Gasteiger partial charge on any atom is -0.493 e. The van der Waals surface area contributed by atoms with Crippen molar-refractivity contribution in [2.75, 3.05) is 40.5 Å². The molecule has 0 unspecified atom stereocenters. The lowest BCUT2D eigenvalue weighted by Crippen LogP contribution is -2.25. The van der Waals surface area contributed by atoms with Crippen molar-refractivity contribution in [3.05, 3.63) is 42.5 Å². The van der Waals surface area contributed by atoms with E-state index in [9.17, 15) is 0 Å². The van der Waals surface area contributed by atoms with Crippen LogP contribution in [-0.4, -0.2) is 45.4 Å². The van der Waals surface area contributed by atoms with Gasteiger partial charge in [0.15, 0.2) is 11.5 Å². The van der Waals surface area contributed by atoms with E-state index in [-0.39, 0.29) is 0 Å². The standard InChI is InChI=1S/C20H25NO3/c1-22-19-10-7-17(15-20(19)23-2)16-5-8-18(9-6-16)24-14-13-21-11-3-4-12-21/h5-10,15H,3-4,11-14H2,1-2H3. The molecular weight excluding hydrogens is 302 g/mol. The van der Waals surface area contributed by atoms with E-state index in [4.69, 9.17) is 14.2 Å². The van der Waals surface area contributed by atoms with Crippen molar-refractivity contribution >= 4 is 0 Å². The predicted octanol–water partition coefficient (Wildman–Crippen LogP) is 3.85. The van der Waals surface area contributed by atoms with Gasteiger partial charge in [-0.05, 0) is 61.3 Å². The molecule has 0 N–H and O–H groups in total. The fourth-order valence-electron chi connectivity index (χ4n) is 3.06. The van der Waals surface area contributed by atoms with Crippen LogP contribution in [0.25, 0.3) is 11.1 Å². The Hall–Kier alpha value is -2.20. The molecule has 4 heteroatoms. The van der Waals surface area contributed by atoms with Gasteiger partial charge in [-0.15, -0.1) is 0 Å². The Morgan fingerprint density at radius 1 is 0.833 bits per heavy atom. The maximum absolute atomic E-state index is 5.85. The largest absolute Gasteiger partial charge is 0.493 e. The van der Waals surface area contributed by atoms with Crippen molar-refractivity contribution in [2.24, 2.45) is 0 Å². The second-order valence-electron chi connectivity index (χ2n) is 5.99. The Morgan fingerprint density at radius 2 is 1.50 bits per heavy atom. The van der Waals surface area contributed by atoms with Crippen molar-refractivity contribution in [3.63, 3.8) is 0 Å². The third-order valence-corrected chi connectivity index (χ3v) is 4.45. The monoisotopic (exact) mass is 327 g/mol. The molecule has 0 spiro atoms. The fourth-order valence-corrected chi connectivity index (χ4v) is 3.06. The number of ether oxygens (including phenoxy) is 3. The summed E-state index contributed by atoms with van der Waals surface area (Å²) in [5.74, 6) is 2.39. The van der Waals surface area contributed by atoms with E-state index in [0.29, 0.717) is 0 Å². The van der Waals surface area contributed by atoms with Crippen LogP contribution >= 0.6 is 0 Å². The number of rotatable bonds is 7. The normalized spacial score (nSPS) is 14.6. The summed E-state index contributed by atoms with van der Waals surface area (Å²) in [6, 6.07) is 14.1. The van der Waals surface area contributed by atoms with Crippen LogP contribution in [0.15, 0.2) is 42.5 Å². The highest BCUT2D eigenvalue weighted by Gasteiger charge is 2.11. The van der Waals surface area contributed by atoms with Crippen LogP contribution in [0.2, 0.25) is 0 Å². The van der Waals surface area contributed by atoms with Crippen molar-refractivity contribution in [1.29, 1.82) is 0 Å². The lowest BCUT2D eigenvalue weighted by molar-refractivity contribution is 0.238. The number of nitrogens with zero attached hydrogens (tertiary/aromatic N) is 1. The summed E-state index contributed by atoms with van der Waals surface area (Å²) in [5, 5.41) is 0. The zero-order valence-electron chi connectivity index (χ0n) is 14.5. The van der Waals surface area contributed by atoms with Crippen LogP contribution in [0.5, 0.6) is 17.2 Å². The van der Waals surface area contributed by atoms with Crippen molar-refractivity contribution in [3.8, 4) is 28.4 Å². The maximum Gasteiger partial charge on any atom is 0.161 e. The molecule has 1 fully saturated rings. The van der Waals surface area contributed by atoms with Gasteiger partial charge in [-0.1, -0.05) is 18.2 Å². The highest BCUT2D eigenvalue weighted by atomic mass is 16.5. The molecule has 24 heavy (non-hydrogen) atoms. The number of hydrogen-bond acceptors (Lipinski definition) is 4. The van der Waals surface area contributed by atoms with Gasteiger partial charge in [-0.25, -0.2) is 0 Å². The molecule has 0 bridgehead atoms. The van der Waals surface area contributed by atoms with Gasteiger partial charge < -0.3 is 14.2 Å². The molecule has 1 aliphatic rings.